The second kappa shape index (κ2) is 7.82. The minimum Gasteiger partial charge on any atom is -1.00 e. The van der Waals surface area contributed by atoms with E-state index in [-0.39, 0.29) is 42.6 Å². The summed E-state index contributed by atoms with van der Waals surface area (Å²) in [7, 11) is 1.86. The van der Waals surface area contributed by atoms with E-state index in [1.54, 1.807) is 12.1 Å². The number of H-pyrrole nitrogens is 1. The monoisotopic (exact) mass is 319 g/mol. The van der Waals surface area contributed by atoms with Crippen molar-refractivity contribution in [2.45, 2.75) is 0 Å². The number of pyridine rings is 1. The Labute approximate surface area is 155 Å². The Bertz CT molecular complexity index is 780. The number of rotatable bonds is 4. The van der Waals surface area contributed by atoms with Crippen LogP contribution < -0.4 is 40.2 Å². The fourth-order valence-corrected chi connectivity index (χ4v) is 1.91. The maximum atomic E-state index is 12.1. The van der Waals surface area contributed by atoms with Gasteiger partial charge in [0.2, 0.25) is 0 Å². The van der Waals surface area contributed by atoms with Gasteiger partial charge in [-0.1, -0.05) is 23.3 Å². The Hall–Kier alpha value is -2.29. The van der Waals surface area contributed by atoms with Gasteiger partial charge in [-0.25, -0.2) is 4.98 Å². The molecular formula is C14H14N7NaO. The molecule has 0 saturated heterocycles. The van der Waals surface area contributed by atoms with Crippen LogP contribution in [0.25, 0.3) is 11.3 Å². The summed E-state index contributed by atoms with van der Waals surface area (Å²) in [6, 6.07) is 13.0. The molecule has 0 aliphatic carbocycles. The van der Waals surface area contributed by atoms with Crippen LogP contribution in [0.1, 0.15) is 11.9 Å². The second-order valence-electron chi connectivity index (χ2n) is 4.42. The molecule has 2 aromatic heterocycles. The Morgan fingerprint density at radius 2 is 1.96 bits per heavy atom. The molecule has 9 heteroatoms. The van der Waals surface area contributed by atoms with Crippen molar-refractivity contribution in [2.75, 3.05) is 17.7 Å². The molecule has 112 valence electrons. The van der Waals surface area contributed by atoms with Crippen LogP contribution >= 0.6 is 0 Å². The number of carbonyl (C=O) groups is 1. The summed E-state index contributed by atoms with van der Waals surface area (Å²) >= 11 is 0. The molecule has 23 heavy (non-hydrogen) atoms. The molecule has 1 amide bonds. The molecule has 3 rings (SSSR count). The van der Waals surface area contributed by atoms with Gasteiger partial charge in [0.15, 0.2) is 0 Å². The number of amides is 1. The number of aromatic nitrogens is 5. The third-order valence-corrected chi connectivity index (χ3v) is 3.02. The zero-order valence-corrected chi connectivity index (χ0v) is 14.7. The molecule has 0 aliphatic heterocycles. The summed E-state index contributed by atoms with van der Waals surface area (Å²) in [4.78, 5) is 16.5. The third-order valence-electron chi connectivity index (χ3n) is 3.02. The standard InChI is InChI=1S/C14H13N7O.Na.H/c1-15-10-7-5-9(6-8-10)11-3-2-4-12(16-11)13(22)17-14-18-20-21-19-14;;/h2-8,15H,1H3,(H2,17,18,19,20,21,22);;/q;+1;-1. The summed E-state index contributed by atoms with van der Waals surface area (Å²) in [5.74, 6) is -0.286. The number of hydrogen-bond donors (Lipinski definition) is 3. The number of anilines is 2. The van der Waals surface area contributed by atoms with Crippen molar-refractivity contribution in [3.05, 3.63) is 48.2 Å². The largest absolute Gasteiger partial charge is 1.00 e. The minimum atomic E-state index is -0.393. The number of benzene rings is 1. The molecule has 0 spiro atoms. The molecule has 0 saturated carbocycles. The molecule has 0 atom stereocenters. The van der Waals surface area contributed by atoms with E-state index in [0.717, 1.165) is 11.3 Å². The zero-order valence-electron chi connectivity index (χ0n) is 13.7. The summed E-state index contributed by atoms with van der Waals surface area (Å²) in [5.41, 5.74) is 2.92. The maximum absolute atomic E-state index is 12.1. The summed E-state index contributed by atoms with van der Waals surface area (Å²) in [6.07, 6.45) is 0. The Kier molecular flexibility index (Phi) is 5.80. The molecule has 3 N–H and O–H groups in total. The third kappa shape index (κ3) is 4.13. The molecule has 0 unspecified atom stereocenters. The van der Waals surface area contributed by atoms with Gasteiger partial charge in [-0.2, -0.15) is 5.21 Å². The molecule has 3 aromatic rings. The molecule has 1 aromatic carbocycles. The van der Waals surface area contributed by atoms with Crippen molar-refractivity contribution >= 4 is 17.5 Å². The SMILES string of the molecule is CNc1ccc(-c2cccc(C(=O)Nc3nn[nH]n3)n2)cc1.[H-].[Na+]. The van der Waals surface area contributed by atoms with Gasteiger partial charge in [0, 0.05) is 18.3 Å². The van der Waals surface area contributed by atoms with Gasteiger partial charge >= 0.3 is 29.6 Å². The fraction of sp³-hybridized carbons (Fsp3) is 0.0714. The summed E-state index contributed by atoms with van der Waals surface area (Å²) < 4.78 is 0. The van der Waals surface area contributed by atoms with Crippen molar-refractivity contribution in [1.29, 1.82) is 0 Å². The van der Waals surface area contributed by atoms with Crippen molar-refractivity contribution in [1.82, 2.24) is 25.6 Å². The molecule has 0 radical (unpaired) electrons. The van der Waals surface area contributed by atoms with E-state index in [1.165, 1.54) is 0 Å². The van der Waals surface area contributed by atoms with Crippen LogP contribution in [0.2, 0.25) is 0 Å². The number of aromatic amines is 1. The normalized spacial score (nSPS) is 9.78. The summed E-state index contributed by atoms with van der Waals surface area (Å²) in [5, 5.41) is 18.5. The van der Waals surface area contributed by atoms with Crippen LogP contribution in [0.4, 0.5) is 11.6 Å². The van der Waals surface area contributed by atoms with E-state index in [4.69, 9.17) is 0 Å². The second-order valence-corrected chi connectivity index (χ2v) is 4.42. The predicted molar refractivity (Wildman–Crippen MR) is 82.5 cm³/mol. The van der Waals surface area contributed by atoms with Crippen LogP contribution in [-0.4, -0.2) is 38.6 Å². The van der Waals surface area contributed by atoms with E-state index in [1.807, 2.05) is 37.4 Å². The quantitative estimate of drug-likeness (QED) is 0.514. The number of nitrogens with one attached hydrogen (secondary N) is 3. The van der Waals surface area contributed by atoms with Gasteiger partial charge in [-0.05, 0) is 29.5 Å². The first-order valence-electron chi connectivity index (χ1n) is 6.56. The van der Waals surface area contributed by atoms with E-state index in [2.05, 4.69) is 36.2 Å². The van der Waals surface area contributed by atoms with Crippen LogP contribution in [0.15, 0.2) is 42.5 Å². The molecular weight excluding hydrogens is 305 g/mol. The van der Waals surface area contributed by atoms with Crippen molar-refractivity contribution in [2.24, 2.45) is 0 Å². The van der Waals surface area contributed by atoms with Gasteiger partial charge < -0.3 is 6.74 Å². The first-order valence-corrected chi connectivity index (χ1v) is 6.56. The van der Waals surface area contributed by atoms with Crippen molar-refractivity contribution in [3.63, 3.8) is 0 Å². The summed E-state index contributed by atoms with van der Waals surface area (Å²) in [6.45, 7) is 0. The smallest absolute Gasteiger partial charge is 1.00 e. The number of nitrogens with zero attached hydrogens (tertiary/aromatic N) is 4. The van der Waals surface area contributed by atoms with E-state index in [9.17, 15) is 4.79 Å². The Morgan fingerprint density at radius 1 is 1.17 bits per heavy atom. The van der Waals surface area contributed by atoms with Gasteiger partial charge in [0.25, 0.3) is 11.9 Å². The number of hydrogen-bond acceptors (Lipinski definition) is 6. The van der Waals surface area contributed by atoms with Crippen LogP contribution in [0, 0.1) is 0 Å². The van der Waals surface area contributed by atoms with Crippen LogP contribution in [0.5, 0.6) is 0 Å². The zero-order chi connectivity index (χ0) is 15.4. The van der Waals surface area contributed by atoms with Gasteiger partial charge in [-0.15, -0.1) is 5.10 Å². The van der Waals surface area contributed by atoms with E-state index >= 15 is 0 Å². The molecule has 2 heterocycles. The fourth-order valence-electron chi connectivity index (χ4n) is 1.91. The average molecular weight is 319 g/mol. The molecule has 0 aliphatic rings. The van der Waals surface area contributed by atoms with Crippen LogP contribution in [0.3, 0.4) is 0 Å². The Morgan fingerprint density at radius 3 is 2.61 bits per heavy atom. The van der Waals surface area contributed by atoms with Gasteiger partial charge in [0.1, 0.15) is 5.69 Å². The van der Waals surface area contributed by atoms with Gasteiger partial charge in [0.05, 0.1) is 5.69 Å². The molecule has 0 fully saturated rings. The molecule has 0 bridgehead atoms. The average Bonchev–Trinajstić information content (AvgIpc) is 3.08. The maximum Gasteiger partial charge on any atom is 1.00 e. The number of carbonyl (C=O) groups excluding carboxylic acids is 1. The van der Waals surface area contributed by atoms with Crippen molar-refractivity contribution < 1.29 is 35.8 Å². The first kappa shape index (κ1) is 17.1. The minimum absolute atomic E-state index is 0. The predicted octanol–water partition coefficient (Wildman–Crippen LogP) is -1.33. The topological polar surface area (TPSA) is 108 Å². The Balaban J connectivity index is 0.00000144. The van der Waals surface area contributed by atoms with Crippen molar-refractivity contribution in [3.8, 4) is 11.3 Å². The van der Waals surface area contributed by atoms with Gasteiger partial charge in [-0.3, -0.25) is 10.1 Å². The molecule has 8 nitrogen and oxygen atoms in total. The van der Waals surface area contributed by atoms with E-state index in [0.29, 0.717) is 5.69 Å². The van der Waals surface area contributed by atoms with Crippen LogP contribution in [-0.2, 0) is 0 Å². The first-order chi connectivity index (χ1) is 10.8. The number of tetrazole rings is 1. The van der Waals surface area contributed by atoms with E-state index < -0.39 is 5.91 Å².